The Morgan fingerprint density at radius 3 is 2.19 bits per heavy atom. The molecule has 9 heteroatoms. The van der Waals surface area contributed by atoms with Crippen LogP contribution < -0.4 is 9.47 Å². The third kappa shape index (κ3) is 3.61. The van der Waals surface area contributed by atoms with E-state index in [0.717, 1.165) is 19.1 Å². The summed E-state index contributed by atoms with van der Waals surface area (Å²) in [4.78, 5) is 22.8. The van der Waals surface area contributed by atoms with Crippen molar-refractivity contribution in [3.63, 3.8) is 0 Å². The van der Waals surface area contributed by atoms with Crippen LogP contribution in [-0.4, -0.2) is 36.2 Å². The van der Waals surface area contributed by atoms with Crippen molar-refractivity contribution in [3.05, 3.63) is 23.5 Å². The molecule has 1 aromatic carbocycles. The van der Waals surface area contributed by atoms with E-state index in [1.807, 2.05) is 0 Å². The highest BCUT2D eigenvalue weighted by atomic mass is 19.4. The topological polar surface area (TPSA) is 72.8 Å². The summed E-state index contributed by atoms with van der Waals surface area (Å²) in [5, 5.41) is 9.12. The van der Waals surface area contributed by atoms with Gasteiger partial charge in [0.2, 0.25) is 0 Å². The fourth-order valence-electron chi connectivity index (χ4n) is 3.18. The lowest BCUT2D eigenvalue weighted by atomic mass is 9.70. The normalized spacial score (nSPS) is 23.4. The number of hydrogen-bond acceptors (Lipinski definition) is 4. The third-order valence-electron chi connectivity index (χ3n) is 4.78. The zero-order valence-electron chi connectivity index (χ0n) is 14.2. The summed E-state index contributed by atoms with van der Waals surface area (Å²) in [6, 6.07) is 1.78. The lowest BCUT2D eigenvalue weighted by molar-refractivity contribution is -0.230. The molecule has 0 spiro atoms. The van der Waals surface area contributed by atoms with E-state index in [1.54, 1.807) is 0 Å². The number of carboxylic acids is 1. The second-order valence-electron chi connectivity index (χ2n) is 6.24. The average Bonchev–Trinajstić information content (AvgIpc) is 2.55. The molecule has 0 heterocycles. The SMILES string of the molecule is COc1cc(F)c(OC2CCC(C(C)=O)(C(F)(F)F)CC2)cc1C(=O)O. The molecule has 1 fully saturated rings. The molecular weight excluding hydrogens is 360 g/mol. The fourth-order valence-corrected chi connectivity index (χ4v) is 3.18. The molecule has 0 bridgehead atoms. The molecule has 1 aliphatic rings. The molecule has 1 N–H and O–H groups in total. The molecule has 0 unspecified atom stereocenters. The Balaban J connectivity index is 2.18. The molecule has 26 heavy (non-hydrogen) atoms. The number of Topliss-reactive ketones (excluding diaryl/α,β-unsaturated/α-hetero) is 1. The van der Waals surface area contributed by atoms with Crippen LogP contribution in [0, 0.1) is 11.2 Å². The summed E-state index contributed by atoms with van der Waals surface area (Å²) in [6.45, 7) is 0.914. The Morgan fingerprint density at radius 1 is 1.19 bits per heavy atom. The Hall–Kier alpha value is -2.32. The zero-order chi connectivity index (χ0) is 19.7. The summed E-state index contributed by atoms with van der Waals surface area (Å²) < 4.78 is 64.1. The maximum atomic E-state index is 14.1. The first-order valence-corrected chi connectivity index (χ1v) is 7.87. The van der Waals surface area contributed by atoms with Crippen LogP contribution in [0.3, 0.4) is 0 Å². The predicted molar refractivity (Wildman–Crippen MR) is 82.0 cm³/mol. The van der Waals surface area contributed by atoms with Crippen LogP contribution in [0.1, 0.15) is 43.0 Å². The monoisotopic (exact) mass is 378 g/mol. The van der Waals surface area contributed by atoms with Crippen molar-refractivity contribution in [2.45, 2.75) is 44.9 Å². The van der Waals surface area contributed by atoms with Crippen molar-refractivity contribution < 1.29 is 41.7 Å². The van der Waals surface area contributed by atoms with E-state index in [1.165, 1.54) is 7.11 Å². The number of aromatic carboxylic acids is 1. The molecule has 0 saturated heterocycles. The van der Waals surface area contributed by atoms with Crippen LogP contribution >= 0.6 is 0 Å². The molecule has 0 atom stereocenters. The fraction of sp³-hybridized carbons (Fsp3) is 0.529. The second-order valence-corrected chi connectivity index (χ2v) is 6.24. The number of ether oxygens (including phenoxy) is 2. The summed E-state index contributed by atoms with van der Waals surface area (Å²) in [7, 11) is 1.18. The van der Waals surface area contributed by atoms with E-state index >= 15 is 0 Å². The number of ketones is 1. The van der Waals surface area contributed by atoms with E-state index in [4.69, 9.17) is 14.6 Å². The highest BCUT2D eigenvalue weighted by Crippen LogP contribution is 2.50. The molecule has 1 aliphatic carbocycles. The molecule has 2 rings (SSSR count). The molecule has 0 radical (unpaired) electrons. The number of carbonyl (C=O) groups excluding carboxylic acids is 1. The Labute approximate surface area is 146 Å². The molecule has 1 aromatic rings. The van der Waals surface area contributed by atoms with Gasteiger partial charge in [0.1, 0.15) is 22.5 Å². The van der Waals surface area contributed by atoms with Crippen LogP contribution in [0.4, 0.5) is 17.6 Å². The van der Waals surface area contributed by atoms with Gasteiger partial charge in [-0.3, -0.25) is 4.79 Å². The van der Waals surface area contributed by atoms with Gasteiger partial charge in [0.05, 0.1) is 13.2 Å². The number of hydrogen-bond donors (Lipinski definition) is 1. The minimum Gasteiger partial charge on any atom is -0.496 e. The number of carboxylic acid groups (broad SMARTS) is 1. The summed E-state index contributed by atoms with van der Waals surface area (Å²) in [6.07, 6.45) is -6.54. The van der Waals surface area contributed by atoms with Crippen molar-refractivity contribution in [1.29, 1.82) is 0 Å². The number of methoxy groups -OCH3 is 1. The van der Waals surface area contributed by atoms with Gasteiger partial charge in [-0.1, -0.05) is 0 Å². The van der Waals surface area contributed by atoms with E-state index < -0.39 is 48.1 Å². The first-order valence-electron chi connectivity index (χ1n) is 7.87. The van der Waals surface area contributed by atoms with Gasteiger partial charge in [-0.05, 0) is 32.6 Å². The van der Waals surface area contributed by atoms with Crippen LogP contribution in [-0.2, 0) is 4.79 Å². The van der Waals surface area contributed by atoms with Crippen molar-refractivity contribution in [2.75, 3.05) is 7.11 Å². The standard InChI is InChI=1S/C17H18F4O5/c1-9(22)16(17(19,20)21)5-3-10(4-6-16)26-14-7-11(15(23)24)13(25-2)8-12(14)18/h7-8,10H,3-6H2,1-2H3,(H,23,24). The number of halogens is 4. The van der Waals surface area contributed by atoms with E-state index in [-0.39, 0.29) is 29.9 Å². The minimum atomic E-state index is -4.66. The van der Waals surface area contributed by atoms with E-state index in [9.17, 15) is 27.2 Å². The van der Waals surface area contributed by atoms with Gasteiger partial charge in [0, 0.05) is 12.1 Å². The van der Waals surface area contributed by atoms with Crippen LogP contribution in [0.2, 0.25) is 0 Å². The van der Waals surface area contributed by atoms with Crippen molar-refractivity contribution in [3.8, 4) is 11.5 Å². The highest BCUT2D eigenvalue weighted by Gasteiger charge is 2.59. The van der Waals surface area contributed by atoms with Crippen LogP contribution in [0.5, 0.6) is 11.5 Å². The molecule has 0 aromatic heterocycles. The van der Waals surface area contributed by atoms with Gasteiger partial charge < -0.3 is 14.6 Å². The largest absolute Gasteiger partial charge is 0.496 e. The maximum absolute atomic E-state index is 14.1. The molecule has 144 valence electrons. The Kier molecular flexibility index (Phi) is 5.48. The maximum Gasteiger partial charge on any atom is 0.401 e. The molecule has 1 saturated carbocycles. The van der Waals surface area contributed by atoms with Crippen molar-refractivity contribution in [1.82, 2.24) is 0 Å². The summed E-state index contributed by atoms with van der Waals surface area (Å²) in [5.41, 5.74) is -2.73. The van der Waals surface area contributed by atoms with E-state index in [2.05, 4.69) is 0 Å². The van der Waals surface area contributed by atoms with Gasteiger partial charge >= 0.3 is 12.1 Å². The van der Waals surface area contributed by atoms with Gasteiger partial charge in [0.15, 0.2) is 11.6 Å². The lowest BCUT2D eigenvalue weighted by Crippen LogP contribution is -2.48. The highest BCUT2D eigenvalue weighted by molar-refractivity contribution is 5.91. The smallest absolute Gasteiger partial charge is 0.401 e. The second kappa shape index (κ2) is 7.13. The first-order chi connectivity index (χ1) is 12.0. The number of carbonyl (C=O) groups is 2. The first kappa shape index (κ1) is 20.0. The predicted octanol–water partition coefficient (Wildman–Crippen LogP) is 3.99. The van der Waals surface area contributed by atoms with Crippen molar-refractivity contribution in [2.24, 2.45) is 5.41 Å². The molecule has 0 amide bonds. The number of alkyl halides is 3. The van der Waals surface area contributed by atoms with E-state index in [0.29, 0.717) is 0 Å². The Bertz CT molecular complexity index is 706. The average molecular weight is 378 g/mol. The Morgan fingerprint density at radius 2 is 1.77 bits per heavy atom. The van der Waals surface area contributed by atoms with Gasteiger partial charge in [-0.2, -0.15) is 13.2 Å². The molecule has 5 nitrogen and oxygen atoms in total. The third-order valence-corrected chi connectivity index (χ3v) is 4.78. The van der Waals surface area contributed by atoms with Crippen LogP contribution in [0.15, 0.2) is 12.1 Å². The quantitative estimate of drug-likeness (QED) is 0.785. The number of rotatable bonds is 5. The van der Waals surface area contributed by atoms with Crippen LogP contribution in [0.25, 0.3) is 0 Å². The van der Waals surface area contributed by atoms with Gasteiger partial charge in [0.25, 0.3) is 0 Å². The van der Waals surface area contributed by atoms with Gasteiger partial charge in [-0.25, -0.2) is 9.18 Å². The lowest BCUT2D eigenvalue weighted by Gasteiger charge is -2.39. The molecular formula is C17H18F4O5. The minimum absolute atomic E-state index is 0.104. The van der Waals surface area contributed by atoms with Crippen molar-refractivity contribution >= 4 is 11.8 Å². The van der Waals surface area contributed by atoms with Gasteiger partial charge in [-0.15, -0.1) is 0 Å². The molecule has 0 aliphatic heterocycles. The number of benzene rings is 1. The zero-order valence-corrected chi connectivity index (χ0v) is 14.2. The summed E-state index contributed by atoms with van der Waals surface area (Å²) in [5.74, 6) is -3.77. The summed E-state index contributed by atoms with van der Waals surface area (Å²) >= 11 is 0.